The van der Waals surface area contributed by atoms with Crippen LogP contribution in [0.3, 0.4) is 0 Å². The van der Waals surface area contributed by atoms with Crippen molar-refractivity contribution in [3.05, 3.63) is 78.4 Å². The molecule has 4 atom stereocenters. The van der Waals surface area contributed by atoms with Crippen molar-refractivity contribution in [1.29, 1.82) is 0 Å². The number of aliphatic carboxylic acids is 1. The molecule has 4 unspecified atom stereocenters. The number of hydrogen-bond acceptors (Lipinski definition) is 1. The zero-order chi connectivity index (χ0) is 16.1. The van der Waals surface area contributed by atoms with Gasteiger partial charge in [-0.3, -0.25) is 4.79 Å². The van der Waals surface area contributed by atoms with Gasteiger partial charge in [-0.15, -0.1) is 0 Å². The average molecular weight is 306 g/mol. The van der Waals surface area contributed by atoms with Crippen LogP contribution in [0.5, 0.6) is 0 Å². The Morgan fingerprint density at radius 1 is 1.00 bits per heavy atom. The van der Waals surface area contributed by atoms with E-state index in [0.29, 0.717) is 17.8 Å². The molecule has 1 aromatic carbocycles. The largest absolute Gasteiger partial charge is 0.481 e. The lowest BCUT2D eigenvalue weighted by molar-refractivity contribution is -0.141. The number of hydrogen-bond donors (Lipinski definition) is 1. The van der Waals surface area contributed by atoms with Gasteiger partial charge in [0.15, 0.2) is 0 Å². The van der Waals surface area contributed by atoms with Gasteiger partial charge >= 0.3 is 5.97 Å². The summed E-state index contributed by atoms with van der Waals surface area (Å²) in [6.45, 7) is 0. The van der Waals surface area contributed by atoms with Crippen molar-refractivity contribution in [2.75, 3.05) is 0 Å². The van der Waals surface area contributed by atoms with Crippen LogP contribution in [-0.4, -0.2) is 11.1 Å². The summed E-state index contributed by atoms with van der Waals surface area (Å²) in [6, 6.07) is 10.2. The first-order valence-corrected chi connectivity index (χ1v) is 8.21. The highest BCUT2D eigenvalue weighted by Crippen LogP contribution is 2.52. The third kappa shape index (κ3) is 3.70. The maximum Gasteiger partial charge on any atom is 0.303 e. The van der Waals surface area contributed by atoms with E-state index in [1.54, 1.807) is 0 Å². The first kappa shape index (κ1) is 15.5. The number of carboxylic acid groups (broad SMARTS) is 1. The molecule has 2 nitrogen and oxygen atoms in total. The zero-order valence-electron chi connectivity index (χ0n) is 13.1. The second kappa shape index (κ2) is 7.28. The van der Waals surface area contributed by atoms with Crippen LogP contribution < -0.4 is 0 Å². The first-order valence-electron chi connectivity index (χ1n) is 8.21. The highest BCUT2D eigenvalue weighted by Gasteiger charge is 2.47. The first-order chi connectivity index (χ1) is 11.3. The predicted molar refractivity (Wildman–Crippen MR) is 93.7 cm³/mol. The van der Waals surface area contributed by atoms with Gasteiger partial charge in [0, 0.05) is 6.42 Å². The maximum absolute atomic E-state index is 11.1. The molecule has 0 radical (unpaired) electrons. The van der Waals surface area contributed by atoms with Crippen molar-refractivity contribution in [1.82, 2.24) is 0 Å². The fraction of sp³-hybridized carbons (Fsp3) is 0.286. The lowest BCUT2D eigenvalue weighted by Gasteiger charge is -2.50. The van der Waals surface area contributed by atoms with E-state index in [1.165, 1.54) is 5.56 Å². The van der Waals surface area contributed by atoms with Crippen molar-refractivity contribution in [3.8, 4) is 0 Å². The molecule has 0 saturated heterocycles. The molecule has 118 valence electrons. The number of rotatable bonds is 6. The van der Waals surface area contributed by atoms with Gasteiger partial charge in [-0.1, -0.05) is 78.9 Å². The van der Waals surface area contributed by atoms with Gasteiger partial charge in [-0.05, 0) is 35.7 Å². The number of fused-ring (bicyclic) bond motifs is 1. The van der Waals surface area contributed by atoms with Gasteiger partial charge in [0.25, 0.3) is 0 Å². The Bertz CT molecular complexity index is 652. The van der Waals surface area contributed by atoms with Crippen molar-refractivity contribution >= 4 is 12.0 Å². The van der Waals surface area contributed by atoms with E-state index >= 15 is 0 Å². The minimum atomic E-state index is -0.686. The smallest absolute Gasteiger partial charge is 0.303 e. The van der Waals surface area contributed by atoms with Crippen molar-refractivity contribution in [3.63, 3.8) is 0 Å². The molecular formula is C21H22O2. The summed E-state index contributed by atoms with van der Waals surface area (Å²) >= 11 is 0. The predicted octanol–water partition coefficient (Wildman–Crippen LogP) is 4.73. The highest BCUT2D eigenvalue weighted by molar-refractivity contribution is 5.67. The Morgan fingerprint density at radius 3 is 2.39 bits per heavy atom. The molecular weight excluding hydrogens is 284 g/mol. The molecule has 0 bridgehead atoms. The molecule has 0 amide bonds. The van der Waals surface area contributed by atoms with E-state index in [0.717, 1.165) is 6.42 Å². The second-order valence-corrected chi connectivity index (χ2v) is 6.28. The fourth-order valence-electron chi connectivity index (χ4n) is 3.79. The Kier molecular flexibility index (Phi) is 4.92. The Hall–Kier alpha value is -2.35. The topological polar surface area (TPSA) is 37.3 Å². The lowest BCUT2D eigenvalue weighted by Crippen LogP contribution is -2.46. The summed E-state index contributed by atoms with van der Waals surface area (Å²) in [7, 11) is 0. The third-order valence-corrected chi connectivity index (χ3v) is 4.91. The molecule has 1 fully saturated rings. The standard InChI is InChI=1S/C21H22O2/c22-21(23)15-20-18(17-13-7-8-14-19(17)20)12-6-2-5-11-16-9-3-1-4-10-16/h1-11,13-14,17-20H,12,15H2,(H,22,23). The van der Waals surface area contributed by atoms with E-state index in [9.17, 15) is 4.79 Å². The molecule has 1 N–H and O–H groups in total. The van der Waals surface area contributed by atoms with Crippen LogP contribution in [0.15, 0.2) is 72.9 Å². The van der Waals surface area contributed by atoms with Crippen molar-refractivity contribution < 1.29 is 9.90 Å². The molecule has 23 heavy (non-hydrogen) atoms. The highest BCUT2D eigenvalue weighted by atomic mass is 16.4. The van der Waals surface area contributed by atoms with Crippen LogP contribution in [0.2, 0.25) is 0 Å². The second-order valence-electron chi connectivity index (χ2n) is 6.28. The minimum Gasteiger partial charge on any atom is -0.481 e. The summed E-state index contributed by atoms with van der Waals surface area (Å²) in [5.41, 5.74) is 1.19. The quantitative estimate of drug-likeness (QED) is 0.772. The Morgan fingerprint density at radius 2 is 1.70 bits per heavy atom. The summed E-state index contributed by atoms with van der Waals surface area (Å²) in [6.07, 6.45) is 18.1. The molecule has 2 aliphatic carbocycles. The van der Waals surface area contributed by atoms with Gasteiger partial charge in [0.2, 0.25) is 0 Å². The van der Waals surface area contributed by atoms with Crippen LogP contribution in [-0.2, 0) is 4.79 Å². The molecule has 0 spiro atoms. The van der Waals surface area contributed by atoms with Crippen LogP contribution in [0.1, 0.15) is 18.4 Å². The fourth-order valence-corrected chi connectivity index (χ4v) is 3.79. The van der Waals surface area contributed by atoms with Gasteiger partial charge < -0.3 is 5.11 Å². The Balaban J connectivity index is 1.56. The van der Waals surface area contributed by atoms with Crippen molar-refractivity contribution in [2.45, 2.75) is 12.8 Å². The van der Waals surface area contributed by atoms with E-state index in [-0.39, 0.29) is 12.3 Å². The summed E-state index contributed by atoms with van der Waals surface area (Å²) in [5, 5.41) is 9.12. The molecule has 1 aromatic rings. The van der Waals surface area contributed by atoms with E-state index in [1.807, 2.05) is 30.4 Å². The van der Waals surface area contributed by atoms with Gasteiger partial charge in [0.1, 0.15) is 0 Å². The normalized spacial score (nSPS) is 28.9. The van der Waals surface area contributed by atoms with Crippen LogP contribution in [0.25, 0.3) is 6.08 Å². The molecule has 2 heteroatoms. The summed E-state index contributed by atoms with van der Waals surface area (Å²) in [5.74, 6) is 0.941. The molecule has 3 rings (SSSR count). The number of benzene rings is 1. The van der Waals surface area contributed by atoms with Gasteiger partial charge in [-0.2, -0.15) is 0 Å². The van der Waals surface area contributed by atoms with E-state index in [2.05, 4.69) is 48.6 Å². The minimum absolute atomic E-state index is 0.265. The van der Waals surface area contributed by atoms with Gasteiger partial charge in [0.05, 0.1) is 0 Å². The molecule has 0 aliphatic heterocycles. The van der Waals surface area contributed by atoms with Crippen LogP contribution in [0.4, 0.5) is 0 Å². The Labute approximate surface area is 137 Å². The average Bonchev–Trinajstić information content (AvgIpc) is 2.57. The molecule has 0 aromatic heterocycles. The number of carboxylic acids is 1. The zero-order valence-corrected chi connectivity index (χ0v) is 13.1. The van der Waals surface area contributed by atoms with E-state index in [4.69, 9.17) is 5.11 Å². The summed E-state index contributed by atoms with van der Waals surface area (Å²) in [4.78, 5) is 11.1. The summed E-state index contributed by atoms with van der Waals surface area (Å²) < 4.78 is 0. The molecule has 1 saturated carbocycles. The third-order valence-electron chi connectivity index (χ3n) is 4.91. The van der Waals surface area contributed by atoms with Gasteiger partial charge in [-0.25, -0.2) is 0 Å². The maximum atomic E-state index is 11.1. The van der Waals surface area contributed by atoms with Crippen molar-refractivity contribution in [2.24, 2.45) is 23.7 Å². The molecule has 2 aliphatic rings. The lowest BCUT2D eigenvalue weighted by atomic mass is 9.53. The van der Waals surface area contributed by atoms with E-state index < -0.39 is 5.97 Å². The van der Waals surface area contributed by atoms with Crippen LogP contribution >= 0.6 is 0 Å². The number of carbonyl (C=O) groups is 1. The van der Waals surface area contributed by atoms with Crippen LogP contribution in [0, 0.1) is 23.7 Å². The monoisotopic (exact) mass is 306 g/mol. The number of allylic oxidation sites excluding steroid dienone is 7. The molecule has 0 heterocycles. The SMILES string of the molecule is O=C(O)CC1C2C=CC=CC2C1CC=CC=Cc1ccccc1.